The van der Waals surface area contributed by atoms with Crippen molar-refractivity contribution in [1.82, 2.24) is 9.96 Å². The number of imide groups is 1. The maximum absolute atomic E-state index is 14.2. The Morgan fingerprint density at radius 3 is 2.08 bits per heavy atom. The van der Waals surface area contributed by atoms with E-state index in [0.717, 1.165) is 4.90 Å². The number of benzene rings is 1. The van der Waals surface area contributed by atoms with Gasteiger partial charge in [0, 0.05) is 12.1 Å². The number of nitrogens with zero attached hydrogens (tertiary/aromatic N) is 2. The average molecular weight is 535 g/mol. The lowest BCUT2D eigenvalue weighted by atomic mass is 9.87. The molecule has 0 aliphatic carbocycles. The fourth-order valence-electron chi connectivity index (χ4n) is 4.37. The number of Topliss-reactive ketones (excluding diaryl/α,β-unsaturated/α-hetero) is 1. The number of ether oxygens (including phenoxy) is 1. The first-order valence-electron chi connectivity index (χ1n) is 12.7. The Bertz CT molecular complexity index is 1070. The number of aliphatic hydroxyl groups is 1. The smallest absolute Gasteiger partial charge is 0.339 e. The van der Waals surface area contributed by atoms with Gasteiger partial charge in [-0.25, -0.2) is 4.79 Å². The molecular weight excluding hydrogens is 492 g/mol. The van der Waals surface area contributed by atoms with E-state index in [9.17, 15) is 29.5 Å². The predicted molar refractivity (Wildman–Crippen MR) is 140 cm³/mol. The van der Waals surface area contributed by atoms with Gasteiger partial charge in [0.05, 0.1) is 23.7 Å². The molecule has 2 amide bonds. The molecule has 11 nitrogen and oxygen atoms in total. The van der Waals surface area contributed by atoms with E-state index in [-0.39, 0.29) is 37.2 Å². The Morgan fingerprint density at radius 2 is 1.63 bits per heavy atom. The molecule has 1 aromatic carbocycles. The molecule has 0 bridgehead atoms. The molecule has 6 N–H and O–H groups in total. The molecule has 1 heterocycles. The van der Waals surface area contributed by atoms with Crippen LogP contribution < -0.4 is 11.5 Å². The summed E-state index contributed by atoms with van der Waals surface area (Å²) < 4.78 is 5.50. The molecule has 0 saturated carbocycles. The third-order valence-corrected chi connectivity index (χ3v) is 6.31. The van der Waals surface area contributed by atoms with Crippen LogP contribution in [0.25, 0.3) is 0 Å². The van der Waals surface area contributed by atoms with E-state index in [4.69, 9.17) is 16.2 Å². The summed E-state index contributed by atoms with van der Waals surface area (Å²) in [4.78, 5) is 55.0. The molecule has 11 heteroatoms. The number of nitrogens with two attached hydrogens (primary N) is 2. The van der Waals surface area contributed by atoms with Crippen LogP contribution in [-0.2, 0) is 25.5 Å². The number of esters is 1. The van der Waals surface area contributed by atoms with Gasteiger partial charge in [-0.3, -0.25) is 19.3 Å². The Labute approximate surface area is 224 Å². The number of hydroxylamine groups is 2. The summed E-state index contributed by atoms with van der Waals surface area (Å²) in [6.07, 6.45) is 0.0424. The normalized spacial score (nSPS) is 19.7. The predicted octanol–water partition coefficient (Wildman–Crippen LogP) is 1.17. The summed E-state index contributed by atoms with van der Waals surface area (Å²) in [5, 5.41) is 21.8. The maximum atomic E-state index is 14.2. The topological polar surface area (TPSA) is 176 Å². The van der Waals surface area contributed by atoms with Crippen molar-refractivity contribution in [2.45, 2.75) is 96.0 Å². The third kappa shape index (κ3) is 6.65. The van der Waals surface area contributed by atoms with Crippen LogP contribution in [0.1, 0.15) is 77.2 Å². The van der Waals surface area contributed by atoms with E-state index in [0.29, 0.717) is 10.6 Å². The summed E-state index contributed by atoms with van der Waals surface area (Å²) >= 11 is 0. The number of rotatable bonds is 9. The highest BCUT2D eigenvalue weighted by Crippen LogP contribution is 2.34. The highest BCUT2D eigenvalue weighted by Gasteiger charge is 2.60. The molecule has 0 aromatic heterocycles. The van der Waals surface area contributed by atoms with Gasteiger partial charge in [0.1, 0.15) is 5.60 Å². The van der Waals surface area contributed by atoms with Gasteiger partial charge in [-0.15, -0.1) is 0 Å². The Balaban J connectivity index is 2.65. The van der Waals surface area contributed by atoms with Crippen molar-refractivity contribution in [3.8, 4) is 0 Å². The molecule has 1 aliphatic heterocycles. The first-order chi connectivity index (χ1) is 17.3. The zero-order valence-electron chi connectivity index (χ0n) is 23.4. The molecule has 1 aliphatic rings. The minimum Gasteiger partial charge on any atom is -0.458 e. The Hall–Kier alpha value is -2.70. The summed E-state index contributed by atoms with van der Waals surface area (Å²) in [5.74, 6) is -3.31. The zero-order valence-corrected chi connectivity index (χ0v) is 23.4. The second-order valence-electron chi connectivity index (χ2n) is 12.0. The fraction of sp³-hybridized carbons (Fsp3) is 0.630. The van der Waals surface area contributed by atoms with Crippen molar-refractivity contribution in [3.05, 3.63) is 35.4 Å². The number of hydrogen-bond acceptors (Lipinski definition) is 10. The Morgan fingerprint density at radius 1 is 1.05 bits per heavy atom. The van der Waals surface area contributed by atoms with Gasteiger partial charge in [-0.1, -0.05) is 24.3 Å². The average Bonchev–Trinajstić information content (AvgIpc) is 3.18. The van der Waals surface area contributed by atoms with Crippen molar-refractivity contribution < 1.29 is 34.2 Å². The molecule has 1 aromatic rings. The highest BCUT2D eigenvalue weighted by atomic mass is 16.6. The molecule has 0 radical (unpaired) electrons. The summed E-state index contributed by atoms with van der Waals surface area (Å²) in [6, 6.07) is 5.34. The van der Waals surface area contributed by atoms with Crippen molar-refractivity contribution >= 4 is 23.6 Å². The second-order valence-corrected chi connectivity index (χ2v) is 12.0. The van der Waals surface area contributed by atoms with Gasteiger partial charge in [0.2, 0.25) is 11.4 Å². The first kappa shape index (κ1) is 31.5. The van der Waals surface area contributed by atoms with Crippen LogP contribution in [0.15, 0.2) is 24.3 Å². The van der Waals surface area contributed by atoms with E-state index in [1.807, 2.05) is 0 Å². The van der Waals surface area contributed by atoms with Crippen LogP contribution in [0.3, 0.4) is 0 Å². The minimum atomic E-state index is -2.21. The summed E-state index contributed by atoms with van der Waals surface area (Å²) in [7, 11) is 0. The van der Waals surface area contributed by atoms with Crippen molar-refractivity contribution in [2.24, 2.45) is 11.5 Å². The van der Waals surface area contributed by atoms with Crippen LogP contribution >= 0.6 is 0 Å². The molecule has 38 heavy (non-hydrogen) atoms. The number of aliphatic hydroxyl groups excluding tert-OH is 1. The van der Waals surface area contributed by atoms with Crippen molar-refractivity contribution in [2.75, 3.05) is 13.2 Å². The lowest BCUT2D eigenvalue weighted by Crippen LogP contribution is -2.68. The van der Waals surface area contributed by atoms with Gasteiger partial charge in [0.15, 0.2) is 5.78 Å². The molecule has 1 saturated heterocycles. The summed E-state index contributed by atoms with van der Waals surface area (Å²) in [6.45, 7) is 10.1. The number of amides is 2. The van der Waals surface area contributed by atoms with Gasteiger partial charge in [-0.05, 0) is 73.3 Å². The van der Waals surface area contributed by atoms with Crippen LogP contribution in [0.5, 0.6) is 0 Å². The minimum absolute atomic E-state index is 0.00819. The van der Waals surface area contributed by atoms with Gasteiger partial charge < -0.3 is 26.5 Å². The largest absolute Gasteiger partial charge is 0.458 e. The number of ketones is 1. The monoisotopic (exact) mass is 534 g/mol. The molecule has 0 spiro atoms. The van der Waals surface area contributed by atoms with E-state index < -0.39 is 52.7 Å². The molecule has 2 rings (SSSR count). The van der Waals surface area contributed by atoms with Gasteiger partial charge in [0.25, 0.3) is 5.91 Å². The molecular formula is C27H42N4O7. The van der Waals surface area contributed by atoms with E-state index in [2.05, 4.69) is 0 Å². The van der Waals surface area contributed by atoms with Crippen LogP contribution in [0.4, 0.5) is 0 Å². The number of carbonyl (C=O) groups is 4. The lowest BCUT2D eigenvalue weighted by Gasteiger charge is -2.41. The maximum Gasteiger partial charge on any atom is 0.339 e. The van der Waals surface area contributed by atoms with Crippen LogP contribution in [-0.4, -0.2) is 85.3 Å². The number of carbonyl (C=O) groups excluding carboxylic acids is 4. The molecule has 2 unspecified atom stereocenters. The van der Waals surface area contributed by atoms with Gasteiger partial charge >= 0.3 is 5.97 Å². The van der Waals surface area contributed by atoms with E-state index in [1.165, 1.54) is 13.8 Å². The van der Waals surface area contributed by atoms with E-state index >= 15 is 0 Å². The summed E-state index contributed by atoms with van der Waals surface area (Å²) in [5.41, 5.74) is 6.88. The highest BCUT2D eigenvalue weighted by molar-refractivity contribution is 6.14. The van der Waals surface area contributed by atoms with Crippen molar-refractivity contribution in [3.63, 3.8) is 0 Å². The van der Waals surface area contributed by atoms with E-state index in [1.54, 1.807) is 58.9 Å². The second kappa shape index (κ2) is 11.2. The molecule has 1 fully saturated rings. The molecule has 2 atom stereocenters. The zero-order chi connectivity index (χ0) is 29.3. The fourth-order valence-corrected chi connectivity index (χ4v) is 4.37. The number of hydrogen-bond donors (Lipinski definition) is 4. The molecule has 212 valence electrons. The third-order valence-electron chi connectivity index (χ3n) is 6.31. The van der Waals surface area contributed by atoms with Crippen LogP contribution in [0.2, 0.25) is 0 Å². The SMILES string of the molecule is CC(C)(C)OC(=O)C1(C(=O)N(C(=O)C(C)(C)N)C(CO)Cc2ccccc2C(=O)C(C)(C)N)CCCN1O. The van der Waals surface area contributed by atoms with Crippen molar-refractivity contribution in [1.29, 1.82) is 0 Å². The van der Waals surface area contributed by atoms with Crippen LogP contribution in [0, 0.1) is 0 Å². The lowest BCUT2D eigenvalue weighted by molar-refractivity contribution is -0.205. The standard InChI is InChI=1S/C27H42N4O7/c1-24(2,3)38-23(36)27(13-10-14-30(27)37)22(35)31(21(34)26(6,7)29)18(16-32)15-17-11-8-9-12-19(17)20(33)25(4,5)28/h8-9,11-12,18,32,37H,10,13-16,28-29H2,1-7H3. The first-order valence-corrected chi connectivity index (χ1v) is 12.7. The quantitative estimate of drug-likeness (QED) is 0.204. The Kier molecular flexibility index (Phi) is 9.28. The van der Waals surface area contributed by atoms with Gasteiger partial charge in [-0.2, -0.15) is 5.06 Å².